The number of benzene rings is 1. The summed E-state index contributed by atoms with van der Waals surface area (Å²) in [6, 6.07) is 8.83. The van der Waals surface area contributed by atoms with Gasteiger partial charge >= 0.3 is 0 Å². The van der Waals surface area contributed by atoms with Crippen LogP contribution in [0.1, 0.15) is 70.4 Å². The molecule has 0 radical (unpaired) electrons. The van der Waals surface area contributed by atoms with Gasteiger partial charge in [0, 0.05) is 37.7 Å². The number of thioether (sulfide) groups is 1. The number of rotatable bonds is 8. The molecule has 2 aliphatic rings. The lowest BCUT2D eigenvalue weighted by atomic mass is 10.1. The minimum atomic E-state index is 0.799. The van der Waals surface area contributed by atoms with Crippen LogP contribution in [-0.2, 0) is 6.42 Å². The van der Waals surface area contributed by atoms with Crippen LogP contribution in [0, 0.1) is 5.92 Å². The van der Waals surface area contributed by atoms with Crippen molar-refractivity contribution in [3.63, 3.8) is 0 Å². The lowest BCUT2D eigenvalue weighted by molar-refractivity contribution is 0.562. The zero-order valence-corrected chi connectivity index (χ0v) is 23.8. The molecule has 1 saturated carbocycles. The number of aryl methyl sites for hydroxylation is 1. The van der Waals surface area contributed by atoms with Crippen molar-refractivity contribution in [3.8, 4) is 0 Å². The summed E-state index contributed by atoms with van der Waals surface area (Å²) in [5, 5.41) is 3.90. The maximum absolute atomic E-state index is 4.70. The van der Waals surface area contributed by atoms with Crippen LogP contribution in [-0.4, -0.2) is 50.0 Å². The second kappa shape index (κ2) is 15.8. The van der Waals surface area contributed by atoms with Gasteiger partial charge in [-0.1, -0.05) is 76.9 Å². The van der Waals surface area contributed by atoms with E-state index in [1.807, 2.05) is 19.5 Å². The van der Waals surface area contributed by atoms with Crippen molar-refractivity contribution >= 4 is 29.0 Å². The monoisotopic (exact) mass is 497 g/mol. The first-order valence-corrected chi connectivity index (χ1v) is 14.5. The van der Waals surface area contributed by atoms with E-state index in [2.05, 4.69) is 78.8 Å². The van der Waals surface area contributed by atoms with Gasteiger partial charge in [0.2, 0.25) is 0 Å². The molecule has 5 nitrogen and oxygen atoms in total. The molecule has 1 aliphatic carbocycles. The molecule has 0 spiro atoms. The fraction of sp³-hybridized carbons (Fsp3) is 0.586. The second-order valence-electron chi connectivity index (χ2n) is 9.73. The second-order valence-corrected chi connectivity index (χ2v) is 10.5. The number of unbranched alkanes of at least 4 members (excludes halogenated alkanes) is 1. The van der Waals surface area contributed by atoms with Crippen LogP contribution < -0.4 is 15.1 Å². The molecule has 1 fully saturated rings. The summed E-state index contributed by atoms with van der Waals surface area (Å²) < 4.78 is 0. The lowest BCUT2D eigenvalue weighted by Crippen LogP contribution is -2.28. The Morgan fingerprint density at radius 3 is 2.49 bits per heavy atom. The maximum atomic E-state index is 4.70. The third-order valence-corrected chi connectivity index (χ3v) is 6.51. The largest absolute Gasteiger partial charge is 0.357 e. The van der Waals surface area contributed by atoms with Gasteiger partial charge in [-0.2, -0.15) is 0 Å². The highest BCUT2D eigenvalue weighted by atomic mass is 32.2. The summed E-state index contributed by atoms with van der Waals surface area (Å²) in [6.45, 7) is 14.0. The third kappa shape index (κ3) is 10.2. The Hall–Kier alpha value is -2.05. The summed E-state index contributed by atoms with van der Waals surface area (Å²) in [5.41, 5.74) is 4.57. The first-order valence-electron chi connectivity index (χ1n) is 13.2. The van der Waals surface area contributed by atoms with Gasteiger partial charge in [-0.3, -0.25) is 0 Å². The SMILES string of the molecule is C1CC1.C=C1c2cnc(SC)nc2N(C)CCN1c1cccc(CCCC)c1.CNCCC(C)C. The van der Waals surface area contributed by atoms with E-state index >= 15 is 0 Å². The Morgan fingerprint density at radius 2 is 1.91 bits per heavy atom. The molecule has 0 atom stereocenters. The summed E-state index contributed by atoms with van der Waals surface area (Å²) >= 11 is 1.57. The van der Waals surface area contributed by atoms with Crippen molar-refractivity contribution in [3.05, 3.63) is 48.2 Å². The molecule has 0 unspecified atom stereocenters. The fourth-order valence-electron chi connectivity index (χ4n) is 3.57. The lowest BCUT2D eigenvalue weighted by Gasteiger charge is -2.25. The average Bonchev–Trinajstić information content (AvgIpc) is 3.76. The van der Waals surface area contributed by atoms with Crippen molar-refractivity contribution in [1.29, 1.82) is 0 Å². The van der Waals surface area contributed by atoms with E-state index in [-0.39, 0.29) is 0 Å². The summed E-state index contributed by atoms with van der Waals surface area (Å²) in [5.74, 6) is 1.81. The minimum absolute atomic E-state index is 0.799. The van der Waals surface area contributed by atoms with Crippen molar-refractivity contribution in [2.45, 2.75) is 70.9 Å². The number of anilines is 2. The molecule has 0 saturated heterocycles. The van der Waals surface area contributed by atoms with E-state index in [9.17, 15) is 0 Å². The molecule has 1 aromatic carbocycles. The quantitative estimate of drug-likeness (QED) is 0.316. The third-order valence-electron chi connectivity index (χ3n) is 5.95. The maximum Gasteiger partial charge on any atom is 0.189 e. The van der Waals surface area contributed by atoms with E-state index in [1.54, 1.807) is 11.8 Å². The fourth-order valence-corrected chi connectivity index (χ4v) is 3.90. The summed E-state index contributed by atoms with van der Waals surface area (Å²) in [6.07, 6.45) is 13.3. The molecule has 0 amide bonds. The van der Waals surface area contributed by atoms with Crippen LogP contribution in [0.15, 0.2) is 42.2 Å². The topological polar surface area (TPSA) is 44.3 Å². The van der Waals surface area contributed by atoms with Crippen molar-refractivity contribution in [2.75, 3.05) is 49.8 Å². The van der Waals surface area contributed by atoms with Gasteiger partial charge in [-0.25, -0.2) is 9.97 Å². The van der Waals surface area contributed by atoms with Gasteiger partial charge in [0.05, 0.1) is 5.56 Å². The Bertz CT molecular complexity index is 894. The first kappa shape index (κ1) is 29.2. The highest BCUT2D eigenvalue weighted by molar-refractivity contribution is 7.98. The Labute approximate surface area is 218 Å². The molecule has 0 bridgehead atoms. The van der Waals surface area contributed by atoms with Crippen LogP contribution in [0.2, 0.25) is 0 Å². The molecule has 1 N–H and O–H groups in total. The molecule has 1 aromatic heterocycles. The average molecular weight is 498 g/mol. The van der Waals surface area contributed by atoms with Gasteiger partial charge in [0.25, 0.3) is 0 Å². The number of likely N-dealkylation sites (N-methyl/N-ethyl adjacent to an activating group) is 1. The number of nitrogens with one attached hydrogen (secondary N) is 1. The van der Waals surface area contributed by atoms with E-state index in [0.717, 1.165) is 54.2 Å². The number of fused-ring (bicyclic) bond motifs is 1. The molecule has 2 heterocycles. The van der Waals surface area contributed by atoms with Crippen molar-refractivity contribution in [1.82, 2.24) is 15.3 Å². The molecule has 4 rings (SSSR count). The number of aromatic nitrogens is 2. The zero-order chi connectivity index (χ0) is 25.6. The Balaban J connectivity index is 0.000000361. The molecule has 1 aliphatic heterocycles. The first-order chi connectivity index (χ1) is 16.9. The normalized spacial score (nSPS) is 14.4. The predicted molar refractivity (Wildman–Crippen MR) is 156 cm³/mol. The van der Waals surface area contributed by atoms with Crippen LogP contribution in [0.3, 0.4) is 0 Å². The van der Waals surface area contributed by atoms with E-state index in [0.29, 0.717) is 0 Å². The van der Waals surface area contributed by atoms with E-state index < -0.39 is 0 Å². The van der Waals surface area contributed by atoms with Gasteiger partial charge in [-0.15, -0.1) is 0 Å². The number of nitrogens with zero attached hydrogens (tertiary/aromatic N) is 4. The van der Waals surface area contributed by atoms with Gasteiger partial charge in [0.1, 0.15) is 5.82 Å². The zero-order valence-electron chi connectivity index (χ0n) is 22.9. The standard InChI is InChI=1S/C20H26N4S.C6H15N.C3H6/c1-5-6-8-16-9-7-10-17(13-16)24-12-11-23(3)19-18(15(24)2)14-21-20(22-19)25-4;1-6(2)4-5-7-3;1-2-3-1/h7,9-10,13-14H,2,5-6,8,11-12H2,1,3-4H3;6-7H,4-5H2,1-3H3;1-3H2. The molecule has 2 aromatic rings. The van der Waals surface area contributed by atoms with Crippen LogP contribution in [0.4, 0.5) is 11.5 Å². The molecular weight excluding hydrogens is 450 g/mol. The van der Waals surface area contributed by atoms with Gasteiger partial charge in [-0.05, 0) is 62.7 Å². The van der Waals surface area contributed by atoms with Crippen LogP contribution >= 0.6 is 11.8 Å². The van der Waals surface area contributed by atoms with Crippen LogP contribution in [0.5, 0.6) is 0 Å². The summed E-state index contributed by atoms with van der Waals surface area (Å²) in [7, 11) is 4.08. The number of hydrogen-bond acceptors (Lipinski definition) is 6. The molecule has 194 valence electrons. The van der Waals surface area contributed by atoms with E-state index in [4.69, 9.17) is 4.98 Å². The van der Waals surface area contributed by atoms with E-state index in [1.165, 1.54) is 49.8 Å². The number of hydrogen-bond donors (Lipinski definition) is 1. The molecular formula is C29H47N5S. The smallest absolute Gasteiger partial charge is 0.189 e. The van der Waals surface area contributed by atoms with Crippen LogP contribution in [0.25, 0.3) is 5.70 Å². The van der Waals surface area contributed by atoms with Crippen molar-refractivity contribution in [2.24, 2.45) is 5.92 Å². The van der Waals surface area contributed by atoms with Gasteiger partial charge in [0.15, 0.2) is 5.16 Å². The Kier molecular flexibility index (Phi) is 13.2. The Morgan fingerprint density at radius 1 is 1.17 bits per heavy atom. The summed E-state index contributed by atoms with van der Waals surface area (Å²) in [4.78, 5) is 13.6. The predicted octanol–water partition coefficient (Wildman–Crippen LogP) is 6.89. The minimum Gasteiger partial charge on any atom is -0.357 e. The highest BCUT2D eigenvalue weighted by Gasteiger charge is 2.23. The molecule has 6 heteroatoms. The molecule has 35 heavy (non-hydrogen) atoms. The van der Waals surface area contributed by atoms with Crippen molar-refractivity contribution < 1.29 is 0 Å². The van der Waals surface area contributed by atoms with Gasteiger partial charge < -0.3 is 15.1 Å². The highest BCUT2D eigenvalue weighted by Crippen LogP contribution is 2.33.